The molecule has 3 aromatic rings. The van der Waals surface area contributed by atoms with Gasteiger partial charge in [0.1, 0.15) is 5.75 Å². The van der Waals surface area contributed by atoms with Crippen molar-refractivity contribution in [2.75, 3.05) is 13.2 Å². The Kier molecular flexibility index (Phi) is 6.90. The molecule has 1 N–H and O–H groups in total. The van der Waals surface area contributed by atoms with Crippen molar-refractivity contribution in [3.05, 3.63) is 70.9 Å². The Morgan fingerprint density at radius 2 is 2.03 bits per heavy atom. The zero-order valence-electron chi connectivity index (χ0n) is 19.1. The third-order valence-electron chi connectivity index (χ3n) is 5.84. The molecule has 1 aliphatic heterocycles. The van der Waals surface area contributed by atoms with E-state index in [0.29, 0.717) is 25.3 Å². The van der Waals surface area contributed by atoms with E-state index in [1.807, 2.05) is 61.0 Å². The predicted octanol–water partition coefficient (Wildman–Crippen LogP) is 4.82. The minimum Gasteiger partial charge on any atom is -0.439 e. The highest BCUT2D eigenvalue weighted by Crippen LogP contribution is 2.32. The highest BCUT2D eigenvalue weighted by molar-refractivity contribution is 5.76. The number of aromatic nitrogens is 2. The fourth-order valence-corrected chi connectivity index (χ4v) is 4.05. The second-order valence-corrected chi connectivity index (χ2v) is 8.43. The van der Waals surface area contributed by atoms with Crippen LogP contribution < -0.4 is 10.1 Å². The maximum Gasteiger partial charge on any atom is 0.226 e. The van der Waals surface area contributed by atoms with E-state index >= 15 is 0 Å². The first kappa shape index (κ1) is 22.1. The average Bonchev–Trinajstić information content (AvgIpc) is 3.39. The molecule has 0 spiro atoms. The molecule has 1 amide bonds. The summed E-state index contributed by atoms with van der Waals surface area (Å²) in [5.74, 6) is 1.43. The van der Waals surface area contributed by atoms with Crippen molar-refractivity contribution in [1.82, 2.24) is 15.1 Å². The molecule has 1 saturated heterocycles. The molecule has 1 unspecified atom stereocenters. The monoisotopic (exact) mass is 433 g/mol. The number of carbonyl (C=O) groups excluding carboxylic acids is 1. The third-order valence-corrected chi connectivity index (χ3v) is 5.84. The first-order valence-electron chi connectivity index (χ1n) is 11.3. The average molecular weight is 434 g/mol. The molecule has 4 rings (SSSR count). The van der Waals surface area contributed by atoms with Gasteiger partial charge in [-0.2, -0.15) is 9.78 Å². The molecule has 2 heterocycles. The summed E-state index contributed by atoms with van der Waals surface area (Å²) >= 11 is 0. The van der Waals surface area contributed by atoms with E-state index in [9.17, 15) is 4.79 Å². The molecular weight excluding hydrogens is 402 g/mol. The molecule has 6 heteroatoms. The van der Waals surface area contributed by atoms with Crippen LogP contribution >= 0.6 is 0 Å². The van der Waals surface area contributed by atoms with Gasteiger partial charge >= 0.3 is 0 Å². The highest BCUT2D eigenvalue weighted by Gasteiger charge is 2.21. The third kappa shape index (κ3) is 5.19. The fraction of sp³-hybridized carbons (Fsp3) is 0.385. The first-order valence-corrected chi connectivity index (χ1v) is 11.3. The molecule has 6 nitrogen and oxygen atoms in total. The lowest BCUT2D eigenvalue weighted by molar-refractivity contribution is -0.121. The summed E-state index contributed by atoms with van der Waals surface area (Å²) in [5.41, 5.74) is 5.00. The Labute approximate surface area is 189 Å². The van der Waals surface area contributed by atoms with Crippen LogP contribution in [-0.2, 0) is 16.0 Å². The number of nitrogens with one attached hydrogen (secondary N) is 1. The lowest BCUT2D eigenvalue weighted by Gasteiger charge is -2.14. The number of para-hydroxylation sites is 1. The Balaban J connectivity index is 1.57. The topological polar surface area (TPSA) is 65.4 Å². The first-order chi connectivity index (χ1) is 15.5. The van der Waals surface area contributed by atoms with Gasteiger partial charge in [-0.15, -0.1) is 0 Å². The minimum absolute atomic E-state index is 0.0186. The van der Waals surface area contributed by atoms with Crippen LogP contribution in [-0.4, -0.2) is 34.9 Å². The van der Waals surface area contributed by atoms with Gasteiger partial charge in [0, 0.05) is 25.1 Å². The van der Waals surface area contributed by atoms with Crippen molar-refractivity contribution in [3.63, 3.8) is 0 Å². The van der Waals surface area contributed by atoms with Gasteiger partial charge in [-0.05, 0) is 69.4 Å². The predicted molar refractivity (Wildman–Crippen MR) is 125 cm³/mol. The normalized spacial score (nSPS) is 15.7. The fourth-order valence-electron chi connectivity index (χ4n) is 4.05. The molecule has 1 fully saturated rings. The lowest BCUT2D eigenvalue weighted by Crippen LogP contribution is -2.31. The van der Waals surface area contributed by atoms with Gasteiger partial charge in [0.05, 0.1) is 17.5 Å². The minimum atomic E-state index is 0.0186. The molecular formula is C26H31N3O3. The Morgan fingerprint density at radius 3 is 2.78 bits per heavy atom. The standard InChI is InChI=1S/C26H31N3O3/c1-18-8-6-10-21(16-18)32-26-23(13-14-25(30)27-17-22-11-7-15-31-22)20(3)28-29(26)24-12-5-4-9-19(24)2/h4-6,8-10,12,16,22H,7,11,13-15,17H2,1-3H3,(H,27,30). The van der Waals surface area contributed by atoms with Crippen molar-refractivity contribution in [1.29, 1.82) is 0 Å². The second-order valence-electron chi connectivity index (χ2n) is 8.43. The number of carbonyl (C=O) groups is 1. The summed E-state index contributed by atoms with van der Waals surface area (Å²) in [5, 5.41) is 7.79. The van der Waals surface area contributed by atoms with E-state index in [0.717, 1.165) is 53.3 Å². The van der Waals surface area contributed by atoms with E-state index in [1.54, 1.807) is 0 Å². The molecule has 2 aromatic carbocycles. The summed E-state index contributed by atoms with van der Waals surface area (Å²) in [6.07, 6.45) is 3.15. The number of aryl methyl sites for hydroxylation is 3. The van der Waals surface area contributed by atoms with Crippen LogP contribution in [0.5, 0.6) is 11.6 Å². The molecule has 0 bridgehead atoms. The van der Waals surface area contributed by atoms with Gasteiger partial charge in [-0.3, -0.25) is 4.79 Å². The van der Waals surface area contributed by atoms with Crippen LogP contribution in [0.4, 0.5) is 0 Å². The quantitative estimate of drug-likeness (QED) is 0.553. The van der Waals surface area contributed by atoms with Gasteiger partial charge < -0.3 is 14.8 Å². The van der Waals surface area contributed by atoms with Crippen LogP contribution in [0.2, 0.25) is 0 Å². The molecule has 0 radical (unpaired) electrons. The van der Waals surface area contributed by atoms with E-state index in [1.165, 1.54) is 0 Å². The lowest BCUT2D eigenvalue weighted by atomic mass is 10.1. The largest absolute Gasteiger partial charge is 0.439 e. The number of amides is 1. The van der Waals surface area contributed by atoms with Crippen molar-refractivity contribution in [2.45, 2.75) is 52.6 Å². The van der Waals surface area contributed by atoms with Gasteiger partial charge in [0.25, 0.3) is 0 Å². The molecule has 1 atom stereocenters. The number of hydrogen-bond donors (Lipinski definition) is 1. The van der Waals surface area contributed by atoms with Crippen molar-refractivity contribution >= 4 is 5.91 Å². The maximum atomic E-state index is 12.5. The smallest absolute Gasteiger partial charge is 0.226 e. The van der Waals surface area contributed by atoms with Crippen LogP contribution in [0.1, 0.15) is 41.6 Å². The SMILES string of the molecule is Cc1cccc(Oc2c(CCC(=O)NCC3CCCO3)c(C)nn2-c2ccccc2C)c1. The van der Waals surface area contributed by atoms with Crippen molar-refractivity contribution < 1.29 is 14.3 Å². The van der Waals surface area contributed by atoms with E-state index in [4.69, 9.17) is 14.6 Å². The molecule has 0 saturated carbocycles. The number of hydrogen-bond acceptors (Lipinski definition) is 4. The maximum absolute atomic E-state index is 12.5. The molecule has 0 aliphatic carbocycles. The van der Waals surface area contributed by atoms with Gasteiger partial charge in [-0.25, -0.2) is 0 Å². The number of ether oxygens (including phenoxy) is 2. The molecule has 32 heavy (non-hydrogen) atoms. The van der Waals surface area contributed by atoms with Gasteiger partial charge in [0.15, 0.2) is 0 Å². The summed E-state index contributed by atoms with van der Waals surface area (Å²) in [6, 6.07) is 16.0. The van der Waals surface area contributed by atoms with Gasteiger partial charge in [0.2, 0.25) is 11.8 Å². The van der Waals surface area contributed by atoms with E-state index in [-0.39, 0.29) is 12.0 Å². The summed E-state index contributed by atoms with van der Waals surface area (Å²) in [6.45, 7) is 7.43. The Morgan fingerprint density at radius 1 is 1.19 bits per heavy atom. The Hall–Kier alpha value is -3.12. The molecule has 168 valence electrons. The summed E-state index contributed by atoms with van der Waals surface area (Å²) in [7, 11) is 0. The van der Waals surface area contributed by atoms with Crippen LogP contribution in [0.3, 0.4) is 0 Å². The second kappa shape index (κ2) is 10.0. The zero-order valence-corrected chi connectivity index (χ0v) is 19.1. The van der Waals surface area contributed by atoms with E-state index < -0.39 is 0 Å². The van der Waals surface area contributed by atoms with Gasteiger partial charge in [-0.1, -0.05) is 30.3 Å². The highest BCUT2D eigenvalue weighted by atomic mass is 16.5. The molecule has 1 aliphatic rings. The van der Waals surface area contributed by atoms with Crippen LogP contribution in [0.15, 0.2) is 48.5 Å². The van der Waals surface area contributed by atoms with Crippen molar-refractivity contribution in [2.24, 2.45) is 0 Å². The van der Waals surface area contributed by atoms with Crippen molar-refractivity contribution in [3.8, 4) is 17.3 Å². The number of rotatable bonds is 8. The summed E-state index contributed by atoms with van der Waals surface area (Å²) in [4.78, 5) is 12.5. The number of benzene rings is 2. The zero-order chi connectivity index (χ0) is 22.5. The number of nitrogens with zero attached hydrogens (tertiary/aromatic N) is 2. The molecule has 1 aromatic heterocycles. The van der Waals surface area contributed by atoms with Crippen LogP contribution in [0.25, 0.3) is 5.69 Å². The van der Waals surface area contributed by atoms with E-state index in [2.05, 4.69) is 18.3 Å². The summed E-state index contributed by atoms with van der Waals surface area (Å²) < 4.78 is 13.8. The van der Waals surface area contributed by atoms with Crippen LogP contribution in [0, 0.1) is 20.8 Å². The Bertz CT molecular complexity index is 1080.